The molecular weight excluding hydrogens is 331 g/mol. The summed E-state index contributed by atoms with van der Waals surface area (Å²) >= 11 is 1.33. The molecular formula is C17H19FN2O3S. The summed E-state index contributed by atoms with van der Waals surface area (Å²) in [6.07, 6.45) is 2.23. The molecule has 5 nitrogen and oxygen atoms in total. The maximum absolute atomic E-state index is 13.6. The first-order chi connectivity index (χ1) is 11.4. The topological polar surface area (TPSA) is 68.3 Å². The van der Waals surface area contributed by atoms with Gasteiger partial charge >= 0.3 is 5.97 Å². The van der Waals surface area contributed by atoms with Gasteiger partial charge in [-0.2, -0.15) is 0 Å². The lowest BCUT2D eigenvalue weighted by Crippen LogP contribution is -2.21. The van der Waals surface area contributed by atoms with Crippen molar-refractivity contribution in [2.24, 2.45) is 5.92 Å². The van der Waals surface area contributed by atoms with E-state index >= 15 is 0 Å². The van der Waals surface area contributed by atoms with E-state index in [9.17, 15) is 14.0 Å². The number of esters is 1. The quantitative estimate of drug-likeness (QED) is 0.812. The summed E-state index contributed by atoms with van der Waals surface area (Å²) in [5.41, 5.74) is 1.45. The van der Waals surface area contributed by atoms with Crippen LogP contribution in [0.2, 0.25) is 0 Å². The third-order valence-corrected chi connectivity index (χ3v) is 4.42. The fraction of sp³-hybridized carbons (Fsp3) is 0.353. The number of hydrogen-bond acceptors (Lipinski definition) is 5. The van der Waals surface area contributed by atoms with Crippen molar-refractivity contribution >= 4 is 28.3 Å². The van der Waals surface area contributed by atoms with Crippen LogP contribution in [0.15, 0.2) is 24.4 Å². The van der Waals surface area contributed by atoms with Crippen LogP contribution in [0.4, 0.5) is 9.52 Å². The number of carbonyl (C=O) groups excluding carboxylic acids is 2. The number of benzene rings is 1. The number of rotatable bonds is 6. The molecule has 1 aromatic heterocycles. The Morgan fingerprint density at radius 2 is 2.17 bits per heavy atom. The third kappa shape index (κ3) is 4.86. The first-order valence-electron chi connectivity index (χ1n) is 7.46. The van der Waals surface area contributed by atoms with Gasteiger partial charge in [0.05, 0.1) is 13.0 Å². The molecule has 7 heteroatoms. The number of methoxy groups -OCH3 is 1. The molecule has 1 heterocycles. The number of nitrogens with one attached hydrogen (secondary N) is 1. The summed E-state index contributed by atoms with van der Waals surface area (Å²) in [7, 11) is 1.29. The molecule has 0 aliphatic carbocycles. The average molecular weight is 350 g/mol. The molecule has 2 aromatic rings. The number of nitrogens with zero attached hydrogens (tertiary/aromatic N) is 1. The standard InChI is InChI=1S/C17H19FN2O3S/c1-10-4-5-12(8-14(10)18)7-13-9-19-17(24-13)20-15(21)6-11(2)16(22)23-3/h4-5,8-9,11H,6-7H2,1-3H3,(H,19,20,21)/t11-/m1/s1. The van der Waals surface area contributed by atoms with Crippen molar-refractivity contribution in [1.82, 2.24) is 4.98 Å². The SMILES string of the molecule is COC(=O)[C@H](C)CC(=O)Nc1ncc(Cc2ccc(C)c(F)c2)s1. The minimum Gasteiger partial charge on any atom is -0.469 e. The van der Waals surface area contributed by atoms with Crippen LogP contribution in [0.5, 0.6) is 0 Å². The van der Waals surface area contributed by atoms with Crippen LogP contribution in [0, 0.1) is 18.7 Å². The Morgan fingerprint density at radius 3 is 2.83 bits per heavy atom. The highest BCUT2D eigenvalue weighted by atomic mass is 32.1. The number of aryl methyl sites for hydroxylation is 1. The van der Waals surface area contributed by atoms with E-state index in [1.807, 2.05) is 6.07 Å². The van der Waals surface area contributed by atoms with E-state index in [4.69, 9.17) is 0 Å². The molecule has 0 bridgehead atoms. The van der Waals surface area contributed by atoms with Crippen molar-refractivity contribution in [2.45, 2.75) is 26.7 Å². The second kappa shape index (κ2) is 8.01. The lowest BCUT2D eigenvalue weighted by molar-refractivity contribution is -0.146. The summed E-state index contributed by atoms with van der Waals surface area (Å²) in [6.45, 7) is 3.35. The Labute approximate surface area is 143 Å². The molecule has 1 amide bonds. The van der Waals surface area contributed by atoms with E-state index in [0.717, 1.165) is 10.4 Å². The number of carbonyl (C=O) groups is 2. The van der Waals surface area contributed by atoms with E-state index in [1.54, 1.807) is 26.1 Å². The summed E-state index contributed by atoms with van der Waals surface area (Å²) < 4.78 is 18.2. The van der Waals surface area contributed by atoms with Gasteiger partial charge in [0.15, 0.2) is 5.13 Å². The van der Waals surface area contributed by atoms with Crippen molar-refractivity contribution in [1.29, 1.82) is 0 Å². The monoisotopic (exact) mass is 350 g/mol. The van der Waals surface area contributed by atoms with Crippen LogP contribution in [-0.2, 0) is 20.7 Å². The molecule has 1 aromatic carbocycles. The molecule has 1 N–H and O–H groups in total. The first kappa shape index (κ1) is 18.1. The molecule has 0 saturated carbocycles. The summed E-state index contributed by atoms with van der Waals surface area (Å²) in [6, 6.07) is 5.11. The van der Waals surface area contributed by atoms with Crippen molar-refractivity contribution in [3.05, 3.63) is 46.2 Å². The zero-order valence-corrected chi connectivity index (χ0v) is 14.6. The van der Waals surface area contributed by atoms with Gasteiger partial charge in [-0.1, -0.05) is 19.1 Å². The Balaban J connectivity index is 1.94. The highest BCUT2D eigenvalue weighted by molar-refractivity contribution is 7.15. The number of thiazole rings is 1. The summed E-state index contributed by atoms with van der Waals surface area (Å²) in [5, 5.41) is 3.12. The van der Waals surface area contributed by atoms with Gasteiger partial charge in [-0.25, -0.2) is 9.37 Å². The predicted molar refractivity (Wildman–Crippen MR) is 90.5 cm³/mol. The van der Waals surface area contributed by atoms with E-state index < -0.39 is 11.9 Å². The minimum atomic E-state index is -0.509. The molecule has 0 aliphatic heterocycles. The fourth-order valence-electron chi connectivity index (χ4n) is 2.13. The Kier molecular flexibility index (Phi) is 6.03. The number of aromatic nitrogens is 1. The molecule has 2 rings (SSSR count). The normalized spacial score (nSPS) is 11.8. The van der Waals surface area contributed by atoms with Gasteiger partial charge in [0, 0.05) is 23.9 Å². The number of ether oxygens (including phenoxy) is 1. The van der Waals surface area contributed by atoms with E-state index in [1.165, 1.54) is 24.5 Å². The van der Waals surface area contributed by atoms with Crippen LogP contribution in [0.25, 0.3) is 0 Å². The first-order valence-corrected chi connectivity index (χ1v) is 8.28. The van der Waals surface area contributed by atoms with E-state index in [0.29, 0.717) is 17.1 Å². The highest BCUT2D eigenvalue weighted by Gasteiger charge is 2.18. The van der Waals surface area contributed by atoms with Gasteiger partial charge < -0.3 is 10.1 Å². The molecule has 0 saturated heterocycles. The van der Waals surface area contributed by atoms with Gasteiger partial charge in [0.2, 0.25) is 5.91 Å². The smallest absolute Gasteiger partial charge is 0.308 e. The highest BCUT2D eigenvalue weighted by Crippen LogP contribution is 2.22. The lowest BCUT2D eigenvalue weighted by atomic mass is 10.1. The van der Waals surface area contributed by atoms with Crippen LogP contribution in [0.1, 0.15) is 29.3 Å². The molecule has 0 aliphatic rings. The number of amides is 1. The summed E-state index contributed by atoms with van der Waals surface area (Å²) in [4.78, 5) is 28.3. The second-order valence-corrected chi connectivity index (χ2v) is 6.68. The number of anilines is 1. The third-order valence-electron chi connectivity index (χ3n) is 3.51. The summed E-state index contributed by atoms with van der Waals surface area (Å²) in [5.74, 6) is -1.46. The van der Waals surface area contributed by atoms with Crippen LogP contribution in [0.3, 0.4) is 0 Å². The minimum absolute atomic E-state index is 0.0325. The maximum atomic E-state index is 13.6. The van der Waals surface area contributed by atoms with Gasteiger partial charge in [-0.3, -0.25) is 9.59 Å². The van der Waals surface area contributed by atoms with Gasteiger partial charge in [0.25, 0.3) is 0 Å². The number of halogens is 1. The molecule has 1 atom stereocenters. The predicted octanol–water partition coefficient (Wildman–Crippen LogP) is 3.32. The Bertz CT molecular complexity index is 745. The maximum Gasteiger partial charge on any atom is 0.308 e. The van der Waals surface area contributed by atoms with Crippen LogP contribution >= 0.6 is 11.3 Å². The van der Waals surface area contributed by atoms with E-state index in [-0.39, 0.29) is 18.1 Å². The zero-order valence-electron chi connectivity index (χ0n) is 13.8. The zero-order chi connectivity index (χ0) is 17.7. The average Bonchev–Trinajstić information content (AvgIpc) is 2.96. The van der Waals surface area contributed by atoms with Crippen molar-refractivity contribution < 1.29 is 18.7 Å². The number of hydrogen-bond donors (Lipinski definition) is 1. The lowest BCUT2D eigenvalue weighted by Gasteiger charge is -2.07. The Morgan fingerprint density at radius 1 is 1.42 bits per heavy atom. The van der Waals surface area contributed by atoms with Crippen molar-refractivity contribution in [2.75, 3.05) is 12.4 Å². The van der Waals surface area contributed by atoms with Crippen molar-refractivity contribution in [3.63, 3.8) is 0 Å². The fourth-order valence-corrected chi connectivity index (χ4v) is 2.99. The molecule has 0 radical (unpaired) electrons. The Hall–Kier alpha value is -2.28. The molecule has 0 spiro atoms. The molecule has 128 valence electrons. The van der Waals surface area contributed by atoms with Crippen molar-refractivity contribution in [3.8, 4) is 0 Å². The van der Waals surface area contributed by atoms with Gasteiger partial charge in [-0.15, -0.1) is 11.3 Å². The van der Waals surface area contributed by atoms with Crippen LogP contribution in [-0.4, -0.2) is 24.0 Å². The van der Waals surface area contributed by atoms with E-state index in [2.05, 4.69) is 15.0 Å². The molecule has 0 fully saturated rings. The molecule has 24 heavy (non-hydrogen) atoms. The van der Waals surface area contributed by atoms with Gasteiger partial charge in [-0.05, 0) is 24.1 Å². The molecule has 0 unspecified atom stereocenters. The van der Waals surface area contributed by atoms with Crippen LogP contribution < -0.4 is 5.32 Å². The largest absolute Gasteiger partial charge is 0.469 e. The van der Waals surface area contributed by atoms with Gasteiger partial charge in [0.1, 0.15) is 5.82 Å². The second-order valence-electron chi connectivity index (χ2n) is 5.57.